The summed E-state index contributed by atoms with van der Waals surface area (Å²) in [5, 5.41) is 6.43. The molecule has 0 aromatic heterocycles. The Balaban J connectivity index is 1.76. The van der Waals surface area contributed by atoms with Crippen LogP contribution in [-0.2, 0) is 22.1 Å². The largest absolute Gasteiger partial charge is 0.356 e. The number of rotatable bonds is 8. The molecule has 152 valence electrons. The first-order valence-corrected chi connectivity index (χ1v) is 11.9. The molecule has 0 fully saturated rings. The Labute approximate surface area is 170 Å². The fourth-order valence-electron chi connectivity index (χ4n) is 2.68. The van der Waals surface area contributed by atoms with Gasteiger partial charge in [0.05, 0.1) is 4.90 Å². The molecule has 28 heavy (non-hydrogen) atoms. The maximum atomic E-state index is 13.6. The first-order chi connectivity index (χ1) is 13.3. The van der Waals surface area contributed by atoms with Crippen molar-refractivity contribution < 1.29 is 12.8 Å². The van der Waals surface area contributed by atoms with E-state index in [1.165, 1.54) is 12.3 Å². The van der Waals surface area contributed by atoms with E-state index in [9.17, 15) is 12.8 Å². The van der Waals surface area contributed by atoms with Crippen LogP contribution in [0.5, 0.6) is 0 Å². The zero-order valence-corrected chi connectivity index (χ0v) is 18.0. The minimum atomic E-state index is -3.21. The van der Waals surface area contributed by atoms with Gasteiger partial charge in [-0.2, -0.15) is 11.8 Å². The lowest BCUT2D eigenvalue weighted by Crippen LogP contribution is -2.38. The van der Waals surface area contributed by atoms with Crippen LogP contribution in [0.25, 0.3) is 0 Å². The molecule has 0 spiro atoms. The standard InChI is InChI=1S/C20H26FN3O2S2/c1-15-12-16(8-9-19(15)28(3,25)26)13-24-20(22-2)23-10-11-27-14-17-6-4-5-7-18(17)21/h4-9,12H,10-11,13-14H2,1-3H3,(H2,22,23,24). The van der Waals surface area contributed by atoms with E-state index >= 15 is 0 Å². The van der Waals surface area contributed by atoms with Crippen molar-refractivity contribution in [2.75, 3.05) is 25.6 Å². The van der Waals surface area contributed by atoms with E-state index in [2.05, 4.69) is 15.6 Å². The van der Waals surface area contributed by atoms with Gasteiger partial charge in [0.15, 0.2) is 15.8 Å². The van der Waals surface area contributed by atoms with Crippen LogP contribution in [0.1, 0.15) is 16.7 Å². The van der Waals surface area contributed by atoms with E-state index in [-0.39, 0.29) is 5.82 Å². The Morgan fingerprint density at radius 1 is 1.18 bits per heavy atom. The highest BCUT2D eigenvalue weighted by molar-refractivity contribution is 7.98. The molecule has 2 aromatic rings. The summed E-state index contributed by atoms with van der Waals surface area (Å²) in [6.07, 6.45) is 1.21. The lowest BCUT2D eigenvalue weighted by atomic mass is 10.1. The van der Waals surface area contributed by atoms with E-state index in [0.717, 1.165) is 16.9 Å². The van der Waals surface area contributed by atoms with Gasteiger partial charge in [0, 0.05) is 37.9 Å². The number of aryl methyl sites for hydroxylation is 1. The fourth-order valence-corrected chi connectivity index (χ4v) is 4.49. The highest BCUT2D eigenvalue weighted by Crippen LogP contribution is 2.17. The van der Waals surface area contributed by atoms with Crippen molar-refractivity contribution in [3.8, 4) is 0 Å². The number of halogens is 1. The smallest absolute Gasteiger partial charge is 0.191 e. The van der Waals surface area contributed by atoms with Crippen molar-refractivity contribution in [1.29, 1.82) is 0 Å². The summed E-state index contributed by atoms with van der Waals surface area (Å²) in [7, 11) is -1.51. The normalized spacial score (nSPS) is 12.1. The van der Waals surface area contributed by atoms with Crippen LogP contribution < -0.4 is 10.6 Å². The Kier molecular flexibility index (Phi) is 8.32. The molecule has 0 heterocycles. The van der Waals surface area contributed by atoms with Crippen LogP contribution in [0, 0.1) is 12.7 Å². The molecule has 2 aromatic carbocycles. The average Bonchev–Trinajstić information content (AvgIpc) is 2.64. The monoisotopic (exact) mass is 423 g/mol. The van der Waals surface area contributed by atoms with Gasteiger partial charge in [-0.05, 0) is 35.7 Å². The van der Waals surface area contributed by atoms with Gasteiger partial charge in [0.1, 0.15) is 5.82 Å². The summed E-state index contributed by atoms with van der Waals surface area (Å²) in [5.74, 6) is 1.94. The molecule has 2 rings (SSSR count). The molecular formula is C20H26FN3O2S2. The summed E-state index contributed by atoms with van der Waals surface area (Å²) in [5.41, 5.74) is 2.42. The summed E-state index contributed by atoms with van der Waals surface area (Å²) in [6.45, 7) is 3.03. The predicted molar refractivity (Wildman–Crippen MR) is 115 cm³/mol. The molecule has 0 atom stereocenters. The highest BCUT2D eigenvalue weighted by atomic mass is 32.2. The van der Waals surface area contributed by atoms with Crippen LogP contribution in [0.3, 0.4) is 0 Å². The molecule has 0 aliphatic rings. The summed E-state index contributed by atoms with van der Waals surface area (Å²) in [6, 6.07) is 12.1. The molecule has 2 N–H and O–H groups in total. The number of guanidine groups is 1. The first-order valence-electron chi connectivity index (χ1n) is 8.86. The number of sulfone groups is 1. The van der Waals surface area contributed by atoms with Gasteiger partial charge in [-0.15, -0.1) is 0 Å². The van der Waals surface area contributed by atoms with E-state index in [1.54, 1.807) is 50.0 Å². The average molecular weight is 424 g/mol. The van der Waals surface area contributed by atoms with E-state index in [1.807, 2.05) is 12.1 Å². The van der Waals surface area contributed by atoms with E-state index in [0.29, 0.717) is 35.3 Å². The fraction of sp³-hybridized carbons (Fsp3) is 0.350. The maximum absolute atomic E-state index is 13.6. The summed E-state index contributed by atoms with van der Waals surface area (Å²) < 4.78 is 37.0. The maximum Gasteiger partial charge on any atom is 0.191 e. The van der Waals surface area contributed by atoms with Crippen molar-refractivity contribution in [2.45, 2.75) is 24.1 Å². The molecule has 0 saturated carbocycles. The van der Waals surface area contributed by atoms with E-state index < -0.39 is 9.84 Å². The third-order valence-electron chi connectivity index (χ3n) is 4.08. The third-order valence-corrected chi connectivity index (χ3v) is 6.34. The second kappa shape index (κ2) is 10.5. The number of benzene rings is 2. The number of thioether (sulfide) groups is 1. The molecule has 0 amide bonds. The lowest BCUT2D eigenvalue weighted by molar-refractivity contribution is 0.601. The number of aliphatic imine (C=N–C) groups is 1. The van der Waals surface area contributed by atoms with Crippen LogP contribution in [0.2, 0.25) is 0 Å². The van der Waals surface area contributed by atoms with Crippen LogP contribution in [0.4, 0.5) is 4.39 Å². The van der Waals surface area contributed by atoms with Gasteiger partial charge < -0.3 is 10.6 Å². The highest BCUT2D eigenvalue weighted by Gasteiger charge is 2.11. The molecule has 0 bridgehead atoms. The molecule has 5 nitrogen and oxygen atoms in total. The molecule has 0 saturated heterocycles. The Bertz CT molecular complexity index is 931. The lowest BCUT2D eigenvalue weighted by Gasteiger charge is -2.13. The molecule has 0 unspecified atom stereocenters. The van der Waals surface area contributed by atoms with Crippen molar-refractivity contribution in [2.24, 2.45) is 4.99 Å². The minimum Gasteiger partial charge on any atom is -0.356 e. The van der Waals surface area contributed by atoms with Gasteiger partial charge in [0.25, 0.3) is 0 Å². The number of nitrogens with one attached hydrogen (secondary N) is 2. The topological polar surface area (TPSA) is 70.6 Å². The molecule has 0 radical (unpaired) electrons. The van der Waals surface area contributed by atoms with Crippen LogP contribution in [0.15, 0.2) is 52.4 Å². The zero-order chi connectivity index (χ0) is 20.6. The predicted octanol–water partition coefficient (Wildman–Crippen LogP) is 3.14. The van der Waals surface area contributed by atoms with Crippen molar-refractivity contribution >= 4 is 27.6 Å². The molecule has 8 heteroatoms. The number of hydrogen-bond acceptors (Lipinski definition) is 4. The molecular weight excluding hydrogens is 397 g/mol. The Hall–Kier alpha value is -2.06. The van der Waals surface area contributed by atoms with Gasteiger partial charge in [-0.3, -0.25) is 4.99 Å². The van der Waals surface area contributed by atoms with Gasteiger partial charge in [0.2, 0.25) is 0 Å². The van der Waals surface area contributed by atoms with Gasteiger partial charge in [-0.1, -0.05) is 30.3 Å². The quantitative estimate of drug-likeness (QED) is 0.388. The van der Waals surface area contributed by atoms with Crippen molar-refractivity contribution in [3.05, 3.63) is 65.0 Å². The van der Waals surface area contributed by atoms with Crippen LogP contribution >= 0.6 is 11.8 Å². The minimum absolute atomic E-state index is 0.169. The summed E-state index contributed by atoms with van der Waals surface area (Å²) in [4.78, 5) is 4.53. The third kappa shape index (κ3) is 6.83. The number of hydrogen-bond donors (Lipinski definition) is 2. The Morgan fingerprint density at radius 3 is 2.57 bits per heavy atom. The first kappa shape index (κ1) is 22.2. The van der Waals surface area contributed by atoms with Gasteiger partial charge >= 0.3 is 0 Å². The van der Waals surface area contributed by atoms with Gasteiger partial charge in [-0.25, -0.2) is 12.8 Å². The van der Waals surface area contributed by atoms with Crippen molar-refractivity contribution in [3.63, 3.8) is 0 Å². The Morgan fingerprint density at radius 2 is 1.93 bits per heavy atom. The van der Waals surface area contributed by atoms with E-state index in [4.69, 9.17) is 0 Å². The second-order valence-corrected chi connectivity index (χ2v) is 9.46. The van der Waals surface area contributed by atoms with Crippen molar-refractivity contribution in [1.82, 2.24) is 10.6 Å². The molecule has 0 aliphatic carbocycles. The second-order valence-electron chi connectivity index (χ2n) is 6.37. The zero-order valence-electron chi connectivity index (χ0n) is 16.3. The SMILES string of the molecule is CN=C(NCCSCc1ccccc1F)NCc1ccc(S(C)(=O)=O)c(C)c1. The number of nitrogens with zero attached hydrogens (tertiary/aromatic N) is 1. The molecule has 0 aliphatic heterocycles. The van der Waals surface area contributed by atoms with Crippen LogP contribution in [-0.4, -0.2) is 40.0 Å². The summed E-state index contributed by atoms with van der Waals surface area (Å²) >= 11 is 1.65.